The Balaban J connectivity index is 0.00000176. The van der Waals surface area contributed by atoms with E-state index < -0.39 is 0 Å². The highest BCUT2D eigenvalue weighted by atomic mass is 35.5. The van der Waals surface area contributed by atoms with Crippen LogP contribution in [0.5, 0.6) is 0 Å². The van der Waals surface area contributed by atoms with E-state index in [-0.39, 0.29) is 18.3 Å². The third-order valence-corrected chi connectivity index (χ3v) is 4.48. The molecule has 0 saturated carbocycles. The molecule has 2 fully saturated rings. The topological polar surface area (TPSA) is 53.4 Å². The quantitative estimate of drug-likeness (QED) is 0.900. The number of carbonyl (C=O) groups is 1. The van der Waals surface area contributed by atoms with Gasteiger partial charge < -0.3 is 10.2 Å². The molecular weight excluding hydrogens is 302 g/mol. The lowest BCUT2D eigenvalue weighted by molar-refractivity contribution is 0.0766. The van der Waals surface area contributed by atoms with Crippen LogP contribution in [0.15, 0.2) is 12.3 Å². The maximum absolute atomic E-state index is 12.5. The predicted octanol–water partition coefficient (Wildman–Crippen LogP) is 1.01. The van der Waals surface area contributed by atoms with Crippen LogP contribution in [0.25, 0.3) is 0 Å². The van der Waals surface area contributed by atoms with E-state index in [9.17, 15) is 4.79 Å². The second kappa shape index (κ2) is 7.44. The summed E-state index contributed by atoms with van der Waals surface area (Å²) in [7, 11) is 0. The van der Waals surface area contributed by atoms with E-state index in [1.54, 1.807) is 0 Å². The van der Waals surface area contributed by atoms with Gasteiger partial charge in [-0.2, -0.15) is 5.10 Å². The summed E-state index contributed by atoms with van der Waals surface area (Å²) in [6.07, 6.45) is 2.97. The minimum atomic E-state index is 0. The number of rotatable bonds is 3. The number of hydrogen-bond donors (Lipinski definition) is 1. The first-order valence-corrected chi connectivity index (χ1v) is 7.94. The summed E-state index contributed by atoms with van der Waals surface area (Å²) in [4.78, 5) is 17.0. The first-order valence-electron chi connectivity index (χ1n) is 7.94. The molecule has 3 heterocycles. The van der Waals surface area contributed by atoms with E-state index >= 15 is 0 Å². The second-order valence-corrected chi connectivity index (χ2v) is 6.25. The Morgan fingerprint density at radius 2 is 2.05 bits per heavy atom. The second-order valence-electron chi connectivity index (χ2n) is 6.25. The highest BCUT2D eigenvalue weighted by Gasteiger charge is 2.32. The number of nitrogens with one attached hydrogen (secondary N) is 1. The summed E-state index contributed by atoms with van der Waals surface area (Å²) in [5.74, 6) is 0.0760. The molecule has 3 rings (SSSR count). The summed E-state index contributed by atoms with van der Waals surface area (Å²) in [5, 5.41) is 7.77. The molecule has 2 aliphatic heterocycles. The number of likely N-dealkylation sites (tertiary alicyclic amines) is 1. The van der Waals surface area contributed by atoms with E-state index in [4.69, 9.17) is 0 Å². The summed E-state index contributed by atoms with van der Waals surface area (Å²) in [6, 6.07) is 2.64. The van der Waals surface area contributed by atoms with E-state index in [0.717, 1.165) is 45.7 Å². The van der Waals surface area contributed by atoms with Crippen molar-refractivity contribution in [2.75, 3.05) is 39.3 Å². The Morgan fingerprint density at radius 1 is 1.32 bits per heavy atom. The minimum absolute atomic E-state index is 0. The fourth-order valence-corrected chi connectivity index (χ4v) is 3.17. The molecule has 7 heteroatoms. The molecule has 1 amide bonds. The Morgan fingerprint density at radius 3 is 2.68 bits per heavy atom. The van der Waals surface area contributed by atoms with Crippen LogP contribution in [0.4, 0.5) is 0 Å². The van der Waals surface area contributed by atoms with Gasteiger partial charge in [0.1, 0.15) is 5.69 Å². The molecule has 1 aromatic heterocycles. The Bertz CT molecular complexity index is 498. The Labute approximate surface area is 138 Å². The van der Waals surface area contributed by atoms with Crippen molar-refractivity contribution in [3.8, 4) is 0 Å². The standard InChI is InChI=1S/C15H25N5O.ClH/c1-12(2)20-8-4-14(17-20)15(21)19-7-3-13(11-19)18-9-5-16-6-10-18;/h4,8,12-13,16H,3,5-7,9-11H2,1-2H3;1H. The fourth-order valence-electron chi connectivity index (χ4n) is 3.17. The van der Waals surface area contributed by atoms with Crippen molar-refractivity contribution < 1.29 is 4.79 Å². The van der Waals surface area contributed by atoms with Gasteiger partial charge >= 0.3 is 0 Å². The molecule has 1 N–H and O–H groups in total. The van der Waals surface area contributed by atoms with Crippen molar-refractivity contribution in [1.29, 1.82) is 0 Å². The van der Waals surface area contributed by atoms with Gasteiger partial charge in [-0.25, -0.2) is 0 Å². The summed E-state index contributed by atoms with van der Waals surface area (Å²) in [6.45, 7) is 10.1. The fraction of sp³-hybridized carbons (Fsp3) is 0.733. The Hall–Kier alpha value is -1.11. The highest BCUT2D eigenvalue weighted by Crippen LogP contribution is 2.18. The van der Waals surface area contributed by atoms with Gasteiger partial charge in [0.2, 0.25) is 0 Å². The predicted molar refractivity (Wildman–Crippen MR) is 88.6 cm³/mol. The number of aromatic nitrogens is 2. The van der Waals surface area contributed by atoms with Crippen LogP contribution in [0, 0.1) is 0 Å². The first-order chi connectivity index (χ1) is 10.1. The summed E-state index contributed by atoms with van der Waals surface area (Å²) >= 11 is 0. The largest absolute Gasteiger partial charge is 0.336 e. The van der Waals surface area contributed by atoms with Crippen LogP contribution >= 0.6 is 12.4 Å². The lowest BCUT2D eigenvalue weighted by atomic mass is 10.2. The average Bonchev–Trinajstić information content (AvgIpc) is 3.17. The maximum atomic E-state index is 12.5. The lowest BCUT2D eigenvalue weighted by Gasteiger charge is -2.32. The van der Waals surface area contributed by atoms with E-state index in [2.05, 4.69) is 29.2 Å². The van der Waals surface area contributed by atoms with E-state index in [1.807, 2.05) is 21.8 Å². The number of nitrogens with zero attached hydrogens (tertiary/aromatic N) is 4. The molecule has 0 spiro atoms. The first kappa shape index (κ1) is 17.2. The van der Waals surface area contributed by atoms with Crippen LogP contribution in [-0.4, -0.2) is 70.8 Å². The Kier molecular flexibility index (Phi) is 5.83. The normalized spacial score (nSPS) is 22.9. The van der Waals surface area contributed by atoms with Crippen LogP contribution in [0.2, 0.25) is 0 Å². The van der Waals surface area contributed by atoms with E-state index in [0.29, 0.717) is 17.8 Å². The molecule has 1 aromatic rings. The molecule has 0 aromatic carbocycles. The number of amides is 1. The molecule has 2 aliphatic rings. The molecule has 6 nitrogen and oxygen atoms in total. The molecule has 0 bridgehead atoms. The highest BCUT2D eigenvalue weighted by molar-refractivity contribution is 5.92. The van der Waals surface area contributed by atoms with Crippen molar-refractivity contribution >= 4 is 18.3 Å². The molecule has 1 atom stereocenters. The number of carbonyl (C=O) groups excluding carboxylic acids is 1. The number of piperazine rings is 1. The zero-order valence-electron chi connectivity index (χ0n) is 13.4. The molecule has 1 unspecified atom stereocenters. The molecule has 124 valence electrons. The lowest BCUT2D eigenvalue weighted by Crippen LogP contribution is -2.49. The average molecular weight is 328 g/mol. The van der Waals surface area contributed by atoms with Crippen LogP contribution in [0.3, 0.4) is 0 Å². The van der Waals surface area contributed by atoms with Gasteiger partial charge in [-0.3, -0.25) is 14.4 Å². The molecular formula is C15H26ClN5O. The molecule has 2 saturated heterocycles. The van der Waals surface area contributed by atoms with Gasteiger partial charge in [-0.05, 0) is 26.3 Å². The third kappa shape index (κ3) is 3.62. The third-order valence-electron chi connectivity index (χ3n) is 4.48. The van der Waals surface area contributed by atoms with Gasteiger partial charge in [0.15, 0.2) is 0 Å². The smallest absolute Gasteiger partial charge is 0.274 e. The van der Waals surface area contributed by atoms with Crippen molar-refractivity contribution in [2.24, 2.45) is 0 Å². The van der Waals surface area contributed by atoms with Crippen molar-refractivity contribution in [3.63, 3.8) is 0 Å². The minimum Gasteiger partial charge on any atom is -0.336 e. The molecule has 0 aliphatic carbocycles. The number of hydrogen-bond acceptors (Lipinski definition) is 4. The van der Waals surface area contributed by atoms with Crippen molar-refractivity contribution in [2.45, 2.75) is 32.4 Å². The van der Waals surface area contributed by atoms with Gasteiger partial charge in [0, 0.05) is 57.5 Å². The van der Waals surface area contributed by atoms with Gasteiger partial charge in [0.25, 0.3) is 5.91 Å². The van der Waals surface area contributed by atoms with Crippen LogP contribution < -0.4 is 5.32 Å². The number of halogens is 1. The van der Waals surface area contributed by atoms with Crippen molar-refractivity contribution in [3.05, 3.63) is 18.0 Å². The maximum Gasteiger partial charge on any atom is 0.274 e. The van der Waals surface area contributed by atoms with Gasteiger partial charge in [-0.15, -0.1) is 12.4 Å². The summed E-state index contributed by atoms with van der Waals surface area (Å²) < 4.78 is 1.84. The monoisotopic (exact) mass is 327 g/mol. The molecule has 0 radical (unpaired) electrons. The SMILES string of the molecule is CC(C)n1ccc(C(=O)N2CCC(N3CCNCC3)C2)n1.Cl. The van der Waals surface area contributed by atoms with Crippen LogP contribution in [-0.2, 0) is 0 Å². The van der Waals surface area contributed by atoms with Crippen LogP contribution in [0.1, 0.15) is 36.8 Å². The molecule has 22 heavy (non-hydrogen) atoms. The van der Waals surface area contributed by atoms with Crippen molar-refractivity contribution in [1.82, 2.24) is 24.9 Å². The zero-order valence-corrected chi connectivity index (χ0v) is 14.2. The summed E-state index contributed by atoms with van der Waals surface area (Å²) in [5.41, 5.74) is 0.574. The van der Waals surface area contributed by atoms with E-state index in [1.165, 1.54) is 0 Å². The van der Waals surface area contributed by atoms with Gasteiger partial charge in [0.05, 0.1) is 0 Å². The zero-order chi connectivity index (χ0) is 14.8. The van der Waals surface area contributed by atoms with Gasteiger partial charge in [-0.1, -0.05) is 0 Å².